The minimum Gasteiger partial charge on any atom is -0.493 e. The lowest BCUT2D eigenvalue weighted by molar-refractivity contribution is 0.0600. The molecule has 0 fully saturated rings. The third-order valence-electron chi connectivity index (χ3n) is 1.47. The molecule has 0 spiro atoms. The molecule has 0 bridgehead atoms. The number of hydrogen-bond donors (Lipinski definition) is 1. The summed E-state index contributed by atoms with van der Waals surface area (Å²) < 4.78 is 4.47. The number of esters is 1. The fraction of sp³-hybridized carbons (Fsp3) is 0.250. The number of hydrogen-bond acceptors (Lipinski definition) is 4. The zero-order chi connectivity index (χ0) is 9.14. The van der Waals surface area contributed by atoms with Gasteiger partial charge < -0.3 is 9.84 Å². The van der Waals surface area contributed by atoms with E-state index in [-0.39, 0.29) is 5.88 Å². The Hall–Kier alpha value is -1.58. The Morgan fingerprint density at radius 3 is 2.83 bits per heavy atom. The SMILES string of the molecule is COC(=O)c1cnc(O)c(C)c1. The summed E-state index contributed by atoms with van der Waals surface area (Å²) in [5.41, 5.74) is 0.894. The van der Waals surface area contributed by atoms with E-state index in [0.29, 0.717) is 11.1 Å². The Morgan fingerprint density at radius 2 is 2.33 bits per heavy atom. The Morgan fingerprint density at radius 1 is 1.67 bits per heavy atom. The highest BCUT2D eigenvalue weighted by Gasteiger charge is 2.07. The number of rotatable bonds is 1. The highest BCUT2D eigenvalue weighted by Crippen LogP contribution is 2.13. The molecular weight excluding hydrogens is 158 g/mol. The normalized spacial score (nSPS) is 9.50. The van der Waals surface area contributed by atoms with E-state index in [1.54, 1.807) is 6.92 Å². The first-order valence-electron chi connectivity index (χ1n) is 3.39. The topological polar surface area (TPSA) is 59.4 Å². The Bertz CT molecular complexity index is 309. The minimum absolute atomic E-state index is 0.0670. The van der Waals surface area contributed by atoms with Crippen LogP contribution in [0.15, 0.2) is 12.3 Å². The minimum atomic E-state index is -0.453. The van der Waals surface area contributed by atoms with E-state index in [1.807, 2.05) is 0 Å². The molecular formula is C8H9NO3. The molecule has 1 heterocycles. The van der Waals surface area contributed by atoms with Gasteiger partial charge in [-0.3, -0.25) is 0 Å². The van der Waals surface area contributed by atoms with E-state index < -0.39 is 5.97 Å². The number of carbonyl (C=O) groups excluding carboxylic acids is 1. The third-order valence-corrected chi connectivity index (χ3v) is 1.47. The van der Waals surface area contributed by atoms with E-state index in [9.17, 15) is 4.79 Å². The number of pyridine rings is 1. The second kappa shape index (κ2) is 3.21. The summed E-state index contributed by atoms with van der Waals surface area (Å²) in [6.45, 7) is 1.66. The molecule has 0 radical (unpaired) electrons. The van der Waals surface area contributed by atoms with Gasteiger partial charge in [-0.1, -0.05) is 0 Å². The molecule has 0 unspecified atom stereocenters. The van der Waals surface area contributed by atoms with Crippen LogP contribution in [0.25, 0.3) is 0 Å². The highest BCUT2D eigenvalue weighted by molar-refractivity contribution is 5.89. The fourth-order valence-corrected chi connectivity index (χ4v) is 0.797. The van der Waals surface area contributed by atoms with Gasteiger partial charge in [0.15, 0.2) is 0 Å². The van der Waals surface area contributed by atoms with Gasteiger partial charge in [0.2, 0.25) is 5.88 Å². The lowest BCUT2D eigenvalue weighted by Crippen LogP contribution is -2.01. The second-order valence-electron chi connectivity index (χ2n) is 2.36. The van der Waals surface area contributed by atoms with Crippen molar-refractivity contribution in [3.63, 3.8) is 0 Å². The molecule has 12 heavy (non-hydrogen) atoms. The predicted molar refractivity (Wildman–Crippen MR) is 42.0 cm³/mol. The zero-order valence-electron chi connectivity index (χ0n) is 6.87. The summed E-state index contributed by atoms with van der Waals surface area (Å²) in [5.74, 6) is -0.520. The molecule has 0 atom stereocenters. The second-order valence-corrected chi connectivity index (χ2v) is 2.36. The van der Waals surface area contributed by atoms with E-state index in [4.69, 9.17) is 5.11 Å². The number of aromatic hydroxyl groups is 1. The van der Waals surface area contributed by atoms with Crippen LogP contribution in [0, 0.1) is 6.92 Å². The zero-order valence-corrected chi connectivity index (χ0v) is 6.87. The van der Waals surface area contributed by atoms with Gasteiger partial charge in [-0.25, -0.2) is 9.78 Å². The van der Waals surface area contributed by atoms with E-state index in [0.717, 1.165) is 0 Å². The number of carbonyl (C=O) groups is 1. The molecule has 4 nitrogen and oxygen atoms in total. The van der Waals surface area contributed by atoms with Crippen LogP contribution in [0.4, 0.5) is 0 Å². The molecule has 0 aliphatic carbocycles. The number of ether oxygens (including phenoxy) is 1. The van der Waals surface area contributed by atoms with Crippen molar-refractivity contribution in [1.29, 1.82) is 0 Å². The highest BCUT2D eigenvalue weighted by atomic mass is 16.5. The largest absolute Gasteiger partial charge is 0.493 e. The van der Waals surface area contributed by atoms with Gasteiger partial charge in [0, 0.05) is 11.8 Å². The number of nitrogens with zero attached hydrogens (tertiary/aromatic N) is 1. The quantitative estimate of drug-likeness (QED) is 0.631. The van der Waals surface area contributed by atoms with Gasteiger partial charge in [0.1, 0.15) is 0 Å². The van der Waals surface area contributed by atoms with Crippen LogP contribution in [-0.2, 0) is 4.74 Å². The standard InChI is InChI=1S/C8H9NO3/c1-5-3-6(8(11)12-2)4-9-7(5)10/h3-4H,1-2H3,(H,9,10). The third kappa shape index (κ3) is 1.53. The van der Waals surface area contributed by atoms with Gasteiger partial charge in [-0.05, 0) is 13.0 Å². The summed E-state index contributed by atoms with van der Waals surface area (Å²) in [7, 11) is 1.30. The van der Waals surface area contributed by atoms with E-state index in [2.05, 4.69) is 9.72 Å². The van der Waals surface area contributed by atoms with E-state index >= 15 is 0 Å². The summed E-state index contributed by atoms with van der Waals surface area (Å²) in [5, 5.41) is 9.03. The molecule has 1 rings (SSSR count). The molecule has 0 aliphatic rings. The van der Waals surface area contributed by atoms with Crippen molar-refractivity contribution in [2.75, 3.05) is 7.11 Å². The van der Waals surface area contributed by atoms with Crippen molar-refractivity contribution in [2.45, 2.75) is 6.92 Å². The average Bonchev–Trinajstić information content (AvgIpc) is 2.08. The first kappa shape index (κ1) is 8.52. The maximum atomic E-state index is 10.9. The maximum Gasteiger partial charge on any atom is 0.339 e. The van der Waals surface area contributed by atoms with Crippen molar-refractivity contribution in [3.8, 4) is 5.88 Å². The molecule has 64 valence electrons. The Kier molecular flexibility index (Phi) is 2.28. The first-order chi connectivity index (χ1) is 5.65. The smallest absolute Gasteiger partial charge is 0.339 e. The first-order valence-corrected chi connectivity index (χ1v) is 3.39. The molecule has 0 saturated carbocycles. The number of aromatic nitrogens is 1. The average molecular weight is 167 g/mol. The summed E-state index contributed by atoms with van der Waals surface area (Å²) in [6.07, 6.45) is 1.27. The van der Waals surface area contributed by atoms with Gasteiger partial charge >= 0.3 is 5.97 Å². The molecule has 4 heteroatoms. The van der Waals surface area contributed by atoms with Crippen LogP contribution in [0.2, 0.25) is 0 Å². The van der Waals surface area contributed by atoms with Crippen molar-refractivity contribution in [2.24, 2.45) is 0 Å². The van der Waals surface area contributed by atoms with Gasteiger partial charge in [0.05, 0.1) is 12.7 Å². The fourth-order valence-electron chi connectivity index (χ4n) is 0.797. The van der Waals surface area contributed by atoms with Gasteiger partial charge in [0.25, 0.3) is 0 Å². The summed E-state index contributed by atoms with van der Waals surface area (Å²) >= 11 is 0. The Labute approximate surface area is 69.8 Å². The predicted octanol–water partition coefficient (Wildman–Crippen LogP) is 0.882. The van der Waals surface area contributed by atoms with Crippen LogP contribution in [0.1, 0.15) is 15.9 Å². The number of aryl methyl sites for hydroxylation is 1. The van der Waals surface area contributed by atoms with Crippen molar-refractivity contribution >= 4 is 5.97 Å². The molecule has 1 aromatic rings. The molecule has 0 amide bonds. The maximum absolute atomic E-state index is 10.9. The van der Waals surface area contributed by atoms with Crippen LogP contribution < -0.4 is 0 Å². The van der Waals surface area contributed by atoms with Crippen molar-refractivity contribution < 1.29 is 14.6 Å². The molecule has 1 N–H and O–H groups in total. The summed E-state index contributed by atoms with van der Waals surface area (Å²) in [6, 6.07) is 1.52. The monoisotopic (exact) mass is 167 g/mol. The molecule has 1 aromatic heterocycles. The molecule has 0 aromatic carbocycles. The summed E-state index contributed by atoms with van der Waals surface area (Å²) in [4.78, 5) is 14.5. The molecule has 0 saturated heterocycles. The van der Waals surface area contributed by atoms with E-state index in [1.165, 1.54) is 19.4 Å². The lowest BCUT2D eigenvalue weighted by atomic mass is 10.2. The van der Waals surface area contributed by atoms with Crippen LogP contribution in [0.3, 0.4) is 0 Å². The molecule has 0 aliphatic heterocycles. The number of methoxy groups -OCH3 is 1. The van der Waals surface area contributed by atoms with Crippen LogP contribution in [0.5, 0.6) is 5.88 Å². The Balaban J connectivity index is 3.05. The van der Waals surface area contributed by atoms with Crippen molar-refractivity contribution in [1.82, 2.24) is 4.98 Å². The van der Waals surface area contributed by atoms with Crippen LogP contribution >= 0.6 is 0 Å². The van der Waals surface area contributed by atoms with Crippen molar-refractivity contribution in [3.05, 3.63) is 23.4 Å². The van der Waals surface area contributed by atoms with Gasteiger partial charge in [-0.15, -0.1) is 0 Å². The lowest BCUT2D eigenvalue weighted by Gasteiger charge is -2.00. The van der Waals surface area contributed by atoms with Gasteiger partial charge in [-0.2, -0.15) is 0 Å². The van der Waals surface area contributed by atoms with Crippen LogP contribution in [-0.4, -0.2) is 23.2 Å².